The Morgan fingerprint density at radius 2 is 1.69 bits per heavy atom. The average molecular weight is 211 g/mol. The fraction of sp³-hybridized carbons (Fsp3) is 0.143. The molecule has 0 aliphatic carbocycles. The molecule has 0 atom stereocenters. The SMILES string of the molecule is c1ccc(CN2COc3ccccc32)cc1. The van der Waals surface area contributed by atoms with Gasteiger partial charge in [0.05, 0.1) is 5.69 Å². The van der Waals surface area contributed by atoms with Crippen LogP contribution >= 0.6 is 0 Å². The zero-order valence-corrected chi connectivity index (χ0v) is 8.97. The van der Waals surface area contributed by atoms with Crippen LogP contribution in [0.5, 0.6) is 5.75 Å². The van der Waals surface area contributed by atoms with Gasteiger partial charge in [-0.3, -0.25) is 0 Å². The third-order valence-corrected chi connectivity index (χ3v) is 2.80. The van der Waals surface area contributed by atoms with Crippen LogP contribution in [0.15, 0.2) is 54.6 Å². The number of fused-ring (bicyclic) bond motifs is 1. The van der Waals surface area contributed by atoms with Gasteiger partial charge in [-0.1, -0.05) is 42.5 Å². The van der Waals surface area contributed by atoms with E-state index < -0.39 is 0 Å². The van der Waals surface area contributed by atoms with Crippen LogP contribution in [0, 0.1) is 0 Å². The molecule has 2 aromatic rings. The van der Waals surface area contributed by atoms with E-state index in [4.69, 9.17) is 4.74 Å². The van der Waals surface area contributed by atoms with Crippen LogP contribution in [0.2, 0.25) is 0 Å². The summed E-state index contributed by atoms with van der Waals surface area (Å²) in [7, 11) is 0. The van der Waals surface area contributed by atoms with E-state index in [1.807, 2.05) is 24.3 Å². The average Bonchev–Trinajstić information content (AvgIpc) is 2.74. The van der Waals surface area contributed by atoms with Crippen molar-refractivity contribution in [1.29, 1.82) is 0 Å². The maximum atomic E-state index is 5.61. The van der Waals surface area contributed by atoms with Crippen LogP contribution in [0.4, 0.5) is 5.69 Å². The van der Waals surface area contributed by atoms with E-state index in [0.29, 0.717) is 6.73 Å². The molecule has 16 heavy (non-hydrogen) atoms. The van der Waals surface area contributed by atoms with Crippen molar-refractivity contribution in [2.45, 2.75) is 6.54 Å². The first-order valence-electron chi connectivity index (χ1n) is 5.44. The highest BCUT2D eigenvalue weighted by molar-refractivity contribution is 5.61. The topological polar surface area (TPSA) is 12.5 Å². The smallest absolute Gasteiger partial charge is 0.162 e. The molecule has 0 aromatic heterocycles. The molecule has 0 saturated heterocycles. The number of ether oxygens (including phenoxy) is 1. The summed E-state index contributed by atoms with van der Waals surface area (Å²) in [6.45, 7) is 1.55. The Labute approximate surface area is 95.1 Å². The standard InChI is InChI=1S/C14H13NO/c1-2-6-12(7-3-1)10-15-11-16-14-9-5-4-8-13(14)15/h1-9H,10-11H2. The number of nitrogens with zero attached hydrogens (tertiary/aromatic N) is 1. The highest BCUT2D eigenvalue weighted by Gasteiger charge is 2.19. The fourth-order valence-corrected chi connectivity index (χ4v) is 1.99. The second-order valence-corrected chi connectivity index (χ2v) is 3.92. The normalized spacial score (nSPS) is 13.4. The van der Waals surface area contributed by atoms with E-state index in [0.717, 1.165) is 12.3 Å². The van der Waals surface area contributed by atoms with E-state index in [9.17, 15) is 0 Å². The molecule has 2 aromatic carbocycles. The molecule has 1 aliphatic rings. The van der Waals surface area contributed by atoms with Crippen molar-refractivity contribution in [2.75, 3.05) is 11.6 Å². The molecular weight excluding hydrogens is 198 g/mol. The summed E-state index contributed by atoms with van der Waals surface area (Å²) in [6.07, 6.45) is 0. The van der Waals surface area contributed by atoms with Crippen LogP contribution in [0.25, 0.3) is 0 Å². The van der Waals surface area contributed by atoms with Crippen LogP contribution in [0.3, 0.4) is 0 Å². The van der Waals surface area contributed by atoms with Gasteiger partial charge >= 0.3 is 0 Å². The Morgan fingerprint density at radius 3 is 2.56 bits per heavy atom. The first-order valence-corrected chi connectivity index (χ1v) is 5.44. The van der Waals surface area contributed by atoms with E-state index in [2.05, 4.69) is 35.2 Å². The Bertz CT molecular complexity index is 481. The summed E-state index contributed by atoms with van der Waals surface area (Å²) in [5, 5.41) is 0. The molecule has 0 N–H and O–H groups in total. The molecule has 0 fully saturated rings. The number of rotatable bonds is 2. The van der Waals surface area contributed by atoms with Gasteiger partial charge in [-0.05, 0) is 17.7 Å². The third kappa shape index (κ3) is 1.63. The predicted molar refractivity (Wildman–Crippen MR) is 64.6 cm³/mol. The monoisotopic (exact) mass is 211 g/mol. The fourth-order valence-electron chi connectivity index (χ4n) is 1.99. The summed E-state index contributed by atoms with van der Waals surface area (Å²) in [5.74, 6) is 0.985. The highest BCUT2D eigenvalue weighted by Crippen LogP contribution is 2.33. The van der Waals surface area contributed by atoms with Crippen molar-refractivity contribution in [1.82, 2.24) is 0 Å². The zero-order valence-electron chi connectivity index (χ0n) is 8.97. The minimum atomic E-state index is 0.647. The van der Waals surface area contributed by atoms with Crippen LogP contribution in [0.1, 0.15) is 5.56 Å². The van der Waals surface area contributed by atoms with Gasteiger partial charge in [-0.15, -0.1) is 0 Å². The quantitative estimate of drug-likeness (QED) is 0.757. The van der Waals surface area contributed by atoms with Crippen molar-refractivity contribution >= 4 is 5.69 Å². The molecule has 0 amide bonds. The van der Waals surface area contributed by atoms with Gasteiger partial charge in [0.15, 0.2) is 6.73 Å². The number of hydrogen-bond donors (Lipinski definition) is 0. The van der Waals surface area contributed by atoms with Crippen molar-refractivity contribution in [2.24, 2.45) is 0 Å². The summed E-state index contributed by atoms with van der Waals surface area (Å²) < 4.78 is 5.61. The molecule has 2 nitrogen and oxygen atoms in total. The van der Waals surface area contributed by atoms with Crippen LogP contribution in [-0.4, -0.2) is 6.73 Å². The molecule has 0 saturated carbocycles. The van der Waals surface area contributed by atoms with Crippen molar-refractivity contribution in [3.8, 4) is 5.75 Å². The predicted octanol–water partition coefficient (Wildman–Crippen LogP) is 3.04. The molecule has 0 unspecified atom stereocenters. The lowest BCUT2D eigenvalue weighted by atomic mass is 10.2. The van der Waals surface area contributed by atoms with Gasteiger partial charge in [-0.2, -0.15) is 0 Å². The van der Waals surface area contributed by atoms with Crippen LogP contribution in [-0.2, 0) is 6.54 Å². The maximum absolute atomic E-state index is 5.61. The minimum Gasteiger partial charge on any atom is -0.471 e. The van der Waals surface area contributed by atoms with Crippen molar-refractivity contribution in [3.05, 3.63) is 60.2 Å². The largest absolute Gasteiger partial charge is 0.471 e. The second-order valence-electron chi connectivity index (χ2n) is 3.92. The zero-order chi connectivity index (χ0) is 10.8. The Kier molecular flexibility index (Phi) is 2.26. The molecule has 0 bridgehead atoms. The molecule has 0 spiro atoms. The van der Waals surface area contributed by atoms with E-state index >= 15 is 0 Å². The van der Waals surface area contributed by atoms with Gasteiger partial charge in [0, 0.05) is 6.54 Å². The lowest BCUT2D eigenvalue weighted by Gasteiger charge is -2.16. The molecule has 3 rings (SSSR count). The Balaban J connectivity index is 1.84. The van der Waals surface area contributed by atoms with E-state index in [-0.39, 0.29) is 0 Å². The molecule has 1 heterocycles. The maximum Gasteiger partial charge on any atom is 0.162 e. The lowest BCUT2D eigenvalue weighted by Crippen LogP contribution is -2.21. The van der Waals surface area contributed by atoms with Gasteiger partial charge in [-0.25, -0.2) is 0 Å². The summed E-state index contributed by atoms with van der Waals surface area (Å²) in [4.78, 5) is 2.24. The van der Waals surface area contributed by atoms with Crippen LogP contribution < -0.4 is 9.64 Å². The van der Waals surface area contributed by atoms with E-state index in [1.54, 1.807) is 0 Å². The summed E-state index contributed by atoms with van der Waals surface area (Å²) >= 11 is 0. The Hall–Kier alpha value is -1.96. The molecule has 1 aliphatic heterocycles. The molecule has 0 radical (unpaired) electrons. The first kappa shape index (κ1) is 9.28. The van der Waals surface area contributed by atoms with Crippen molar-refractivity contribution < 1.29 is 4.74 Å². The number of anilines is 1. The summed E-state index contributed by atoms with van der Waals surface area (Å²) in [5.41, 5.74) is 2.49. The van der Waals surface area contributed by atoms with Crippen molar-refractivity contribution in [3.63, 3.8) is 0 Å². The van der Waals surface area contributed by atoms with Gasteiger partial charge in [0.2, 0.25) is 0 Å². The number of benzene rings is 2. The minimum absolute atomic E-state index is 0.647. The molecule has 2 heteroatoms. The Morgan fingerprint density at radius 1 is 0.938 bits per heavy atom. The van der Waals surface area contributed by atoms with Gasteiger partial charge in [0.1, 0.15) is 5.75 Å². The first-order chi connectivity index (χ1) is 7.93. The molecular formula is C14H13NO. The van der Waals surface area contributed by atoms with Gasteiger partial charge in [0.25, 0.3) is 0 Å². The molecule has 80 valence electrons. The number of hydrogen-bond acceptors (Lipinski definition) is 2. The summed E-state index contributed by atoms with van der Waals surface area (Å²) in [6, 6.07) is 18.6. The second kappa shape index (κ2) is 3.89. The lowest BCUT2D eigenvalue weighted by molar-refractivity contribution is 0.345. The number of para-hydroxylation sites is 2. The van der Waals surface area contributed by atoms with E-state index in [1.165, 1.54) is 11.3 Å². The highest BCUT2D eigenvalue weighted by atomic mass is 16.5. The van der Waals surface area contributed by atoms with Gasteiger partial charge < -0.3 is 9.64 Å². The third-order valence-electron chi connectivity index (χ3n) is 2.80.